The summed E-state index contributed by atoms with van der Waals surface area (Å²) in [7, 11) is 1.38. The second-order valence-electron chi connectivity index (χ2n) is 3.70. The molecule has 0 aliphatic carbocycles. The highest BCUT2D eigenvalue weighted by atomic mass is 16.5. The highest BCUT2D eigenvalue weighted by Gasteiger charge is 2.15. The van der Waals surface area contributed by atoms with E-state index in [1.807, 2.05) is 12.1 Å². The average molecular weight is 221 g/mol. The van der Waals surface area contributed by atoms with E-state index >= 15 is 0 Å². The van der Waals surface area contributed by atoms with Crippen molar-refractivity contribution >= 4 is 5.97 Å². The Balaban J connectivity index is 2.09. The van der Waals surface area contributed by atoms with E-state index in [2.05, 4.69) is 10.1 Å². The molecule has 2 rings (SSSR count). The van der Waals surface area contributed by atoms with E-state index in [4.69, 9.17) is 4.74 Å². The van der Waals surface area contributed by atoms with Crippen LogP contribution in [0.25, 0.3) is 0 Å². The summed E-state index contributed by atoms with van der Waals surface area (Å²) in [6, 6.07) is 7.63. The summed E-state index contributed by atoms with van der Waals surface area (Å²) in [5, 5.41) is 3.36. The number of methoxy groups -OCH3 is 1. The van der Waals surface area contributed by atoms with Crippen molar-refractivity contribution in [2.45, 2.75) is 6.04 Å². The van der Waals surface area contributed by atoms with Gasteiger partial charge in [0.25, 0.3) is 0 Å². The van der Waals surface area contributed by atoms with Crippen LogP contribution in [0, 0.1) is 0 Å². The zero-order valence-corrected chi connectivity index (χ0v) is 9.23. The van der Waals surface area contributed by atoms with Gasteiger partial charge in [0.15, 0.2) is 0 Å². The molecule has 1 heterocycles. The summed E-state index contributed by atoms with van der Waals surface area (Å²) in [4.78, 5) is 11.2. The van der Waals surface area contributed by atoms with E-state index in [9.17, 15) is 4.79 Å². The molecule has 0 bridgehead atoms. The topological polar surface area (TPSA) is 47.6 Å². The molecule has 1 aromatic carbocycles. The van der Waals surface area contributed by atoms with Crippen molar-refractivity contribution in [3.05, 3.63) is 35.4 Å². The van der Waals surface area contributed by atoms with Gasteiger partial charge in [-0.25, -0.2) is 4.79 Å². The van der Waals surface area contributed by atoms with Crippen LogP contribution < -0.4 is 5.32 Å². The van der Waals surface area contributed by atoms with Crippen LogP contribution in [-0.4, -0.2) is 32.8 Å². The number of nitrogens with one attached hydrogen (secondary N) is 1. The first-order valence-electron chi connectivity index (χ1n) is 5.30. The van der Waals surface area contributed by atoms with E-state index in [1.54, 1.807) is 12.1 Å². The zero-order valence-electron chi connectivity index (χ0n) is 9.23. The molecule has 16 heavy (non-hydrogen) atoms. The Morgan fingerprint density at radius 2 is 2.19 bits per heavy atom. The molecule has 1 fully saturated rings. The Bertz CT molecular complexity index is 355. The van der Waals surface area contributed by atoms with Gasteiger partial charge >= 0.3 is 5.97 Å². The lowest BCUT2D eigenvalue weighted by molar-refractivity contribution is 0.0600. The summed E-state index contributed by atoms with van der Waals surface area (Å²) < 4.78 is 10.0. The van der Waals surface area contributed by atoms with Gasteiger partial charge in [-0.1, -0.05) is 12.1 Å². The third-order valence-electron chi connectivity index (χ3n) is 2.66. The molecular formula is C12H15NO3. The smallest absolute Gasteiger partial charge is 0.337 e. The van der Waals surface area contributed by atoms with Crippen LogP contribution in [-0.2, 0) is 9.47 Å². The van der Waals surface area contributed by atoms with Gasteiger partial charge in [0.2, 0.25) is 0 Å². The minimum absolute atomic E-state index is 0.223. The fraction of sp³-hybridized carbons (Fsp3) is 0.417. The number of benzene rings is 1. The van der Waals surface area contributed by atoms with Gasteiger partial charge in [-0.05, 0) is 17.7 Å². The van der Waals surface area contributed by atoms with Gasteiger partial charge in [0, 0.05) is 6.54 Å². The largest absolute Gasteiger partial charge is 0.465 e. The third kappa shape index (κ3) is 2.40. The van der Waals surface area contributed by atoms with Crippen LogP contribution in [0.15, 0.2) is 24.3 Å². The molecule has 0 aromatic heterocycles. The minimum atomic E-state index is -0.306. The monoisotopic (exact) mass is 221 g/mol. The van der Waals surface area contributed by atoms with E-state index < -0.39 is 0 Å². The second kappa shape index (κ2) is 5.09. The van der Waals surface area contributed by atoms with Crippen LogP contribution >= 0.6 is 0 Å². The molecule has 0 unspecified atom stereocenters. The highest BCUT2D eigenvalue weighted by molar-refractivity contribution is 5.89. The number of hydrogen-bond donors (Lipinski definition) is 1. The van der Waals surface area contributed by atoms with Gasteiger partial charge in [0.05, 0.1) is 31.9 Å². The molecule has 0 amide bonds. The maximum atomic E-state index is 11.2. The molecule has 0 radical (unpaired) electrons. The van der Waals surface area contributed by atoms with Crippen molar-refractivity contribution in [1.29, 1.82) is 0 Å². The number of esters is 1. The van der Waals surface area contributed by atoms with E-state index in [-0.39, 0.29) is 12.0 Å². The molecule has 86 valence electrons. The van der Waals surface area contributed by atoms with Crippen LogP contribution in [0.5, 0.6) is 0 Å². The molecular weight excluding hydrogens is 206 g/mol. The predicted octanol–water partition coefficient (Wildman–Crippen LogP) is 1.13. The number of morpholine rings is 1. The van der Waals surface area contributed by atoms with Crippen molar-refractivity contribution in [3.8, 4) is 0 Å². The zero-order chi connectivity index (χ0) is 11.4. The summed E-state index contributed by atoms with van der Waals surface area (Å²) in [5.41, 5.74) is 1.70. The van der Waals surface area contributed by atoms with Crippen molar-refractivity contribution in [1.82, 2.24) is 5.32 Å². The maximum absolute atomic E-state index is 11.2. The molecule has 1 atom stereocenters. The van der Waals surface area contributed by atoms with Crippen LogP contribution in [0.1, 0.15) is 22.0 Å². The molecule has 0 saturated carbocycles. The van der Waals surface area contributed by atoms with Gasteiger partial charge in [-0.3, -0.25) is 0 Å². The highest BCUT2D eigenvalue weighted by Crippen LogP contribution is 2.16. The maximum Gasteiger partial charge on any atom is 0.337 e. The fourth-order valence-corrected chi connectivity index (χ4v) is 1.75. The number of carbonyl (C=O) groups excluding carboxylic acids is 1. The Labute approximate surface area is 94.6 Å². The first-order chi connectivity index (χ1) is 7.81. The van der Waals surface area contributed by atoms with Gasteiger partial charge in [-0.15, -0.1) is 0 Å². The Kier molecular flexibility index (Phi) is 3.54. The normalized spacial score (nSPS) is 20.4. The molecule has 1 N–H and O–H groups in total. The van der Waals surface area contributed by atoms with Gasteiger partial charge in [-0.2, -0.15) is 0 Å². The van der Waals surface area contributed by atoms with E-state index in [1.165, 1.54) is 7.11 Å². The summed E-state index contributed by atoms with van der Waals surface area (Å²) >= 11 is 0. The number of ether oxygens (including phenoxy) is 2. The van der Waals surface area contributed by atoms with Crippen LogP contribution in [0.3, 0.4) is 0 Å². The second-order valence-corrected chi connectivity index (χ2v) is 3.70. The van der Waals surface area contributed by atoms with Crippen molar-refractivity contribution < 1.29 is 14.3 Å². The molecule has 1 aliphatic rings. The molecule has 1 aliphatic heterocycles. The summed E-state index contributed by atoms with van der Waals surface area (Å²) in [6.45, 7) is 2.30. The number of carbonyl (C=O) groups is 1. The molecule has 1 aromatic rings. The van der Waals surface area contributed by atoms with E-state index in [0.717, 1.165) is 18.7 Å². The standard InChI is InChI=1S/C12H15NO3/c1-15-12(14)10-4-2-9(3-5-10)11-8-16-7-6-13-11/h2-5,11,13H,6-8H2,1H3/t11-/m1/s1. The van der Waals surface area contributed by atoms with Crippen LogP contribution in [0.2, 0.25) is 0 Å². The van der Waals surface area contributed by atoms with Crippen molar-refractivity contribution in [3.63, 3.8) is 0 Å². The lowest BCUT2D eigenvalue weighted by Crippen LogP contribution is -2.34. The summed E-state index contributed by atoms with van der Waals surface area (Å²) in [6.07, 6.45) is 0. The molecule has 1 saturated heterocycles. The van der Waals surface area contributed by atoms with Crippen molar-refractivity contribution in [2.75, 3.05) is 26.9 Å². The first-order valence-corrected chi connectivity index (χ1v) is 5.30. The Hall–Kier alpha value is -1.39. The van der Waals surface area contributed by atoms with Gasteiger partial charge < -0.3 is 14.8 Å². The average Bonchev–Trinajstić information content (AvgIpc) is 2.39. The third-order valence-corrected chi connectivity index (χ3v) is 2.66. The quantitative estimate of drug-likeness (QED) is 0.761. The van der Waals surface area contributed by atoms with Gasteiger partial charge in [0.1, 0.15) is 0 Å². The Morgan fingerprint density at radius 1 is 1.44 bits per heavy atom. The number of rotatable bonds is 2. The molecule has 0 spiro atoms. The lowest BCUT2D eigenvalue weighted by Gasteiger charge is -2.24. The molecule has 4 nitrogen and oxygen atoms in total. The SMILES string of the molecule is COC(=O)c1ccc([C@H]2COCCN2)cc1. The number of hydrogen-bond acceptors (Lipinski definition) is 4. The minimum Gasteiger partial charge on any atom is -0.465 e. The lowest BCUT2D eigenvalue weighted by atomic mass is 10.0. The Morgan fingerprint density at radius 3 is 2.75 bits per heavy atom. The fourth-order valence-electron chi connectivity index (χ4n) is 1.75. The summed E-state index contributed by atoms with van der Waals surface area (Å²) in [5.74, 6) is -0.306. The van der Waals surface area contributed by atoms with Crippen LogP contribution in [0.4, 0.5) is 0 Å². The first kappa shape index (κ1) is 11.1. The van der Waals surface area contributed by atoms with Crippen molar-refractivity contribution in [2.24, 2.45) is 0 Å². The van der Waals surface area contributed by atoms with E-state index in [0.29, 0.717) is 12.2 Å². The predicted molar refractivity (Wildman–Crippen MR) is 59.3 cm³/mol. The molecule has 4 heteroatoms.